The molecule has 138 valence electrons. The van der Waals surface area contributed by atoms with Crippen LogP contribution < -0.4 is 10.9 Å². The van der Waals surface area contributed by atoms with Gasteiger partial charge in [0.15, 0.2) is 0 Å². The van der Waals surface area contributed by atoms with Gasteiger partial charge in [0.25, 0.3) is 0 Å². The van der Waals surface area contributed by atoms with Crippen molar-refractivity contribution in [1.29, 1.82) is 0 Å². The molecule has 0 spiro atoms. The molecule has 0 fully saturated rings. The van der Waals surface area contributed by atoms with Gasteiger partial charge in [0, 0.05) is 9.92 Å². The Morgan fingerprint density at radius 1 is 0.923 bits per heavy atom. The molecule has 0 aliphatic rings. The van der Waals surface area contributed by atoms with Gasteiger partial charge in [-0.2, -0.15) is 13.2 Å². The number of halogens is 4. The fraction of sp³-hybridized carbons (Fsp3) is 0.176. The van der Waals surface area contributed by atoms with Gasteiger partial charge in [-0.25, -0.2) is 0 Å². The number of hydrogen-bond acceptors (Lipinski definition) is 3. The minimum Gasteiger partial charge on any atom is -0.273 e. The number of hydrogen-bond donors (Lipinski definition) is 2. The molecule has 0 radical (unpaired) electrons. The molecule has 0 heterocycles. The minimum atomic E-state index is -4.42. The third kappa shape index (κ3) is 6.61. The van der Waals surface area contributed by atoms with Gasteiger partial charge in [0.05, 0.1) is 17.7 Å². The van der Waals surface area contributed by atoms with Gasteiger partial charge >= 0.3 is 6.18 Å². The summed E-state index contributed by atoms with van der Waals surface area (Å²) in [5.74, 6) is -0.859. The van der Waals surface area contributed by atoms with Crippen LogP contribution >= 0.6 is 23.4 Å². The molecule has 0 saturated heterocycles. The normalized spacial score (nSPS) is 11.1. The molecule has 0 aliphatic heterocycles. The Balaban J connectivity index is 1.74. The number of rotatable bonds is 5. The molecule has 0 saturated carbocycles. The highest BCUT2D eigenvalue weighted by atomic mass is 35.5. The average Bonchev–Trinajstić information content (AvgIpc) is 2.59. The van der Waals surface area contributed by atoms with Crippen molar-refractivity contribution < 1.29 is 22.8 Å². The quantitative estimate of drug-likeness (QED) is 0.590. The molecule has 9 heteroatoms. The second-order valence-electron chi connectivity index (χ2n) is 5.21. The molecule has 26 heavy (non-hydrogen) atoms. The lowest BCUT2D eigenvalue weighted by Gasteiger charge is -2.09. The van der Waals surface area contributed by atoms with Crippen LogP contribution in [0.15, 0.2) is 53.4 Å². The van der Waals surface area contributed by atoms with Gasteiger partial charge in [-0.05, 0) is 42.0 Å². The van der Waals surface area contributed by atoms with Gasteiger partial charge in [-0.3, -0.25) is 20.4 Å². The number of thioether (sulfide) groups is 1. The first-order chi connectivity index (χ1) is 12.2. The van der Waals surface area contributed by atoms with Crippen molar-refractivity contribution in [3.8, 4) is 0 Å². The van der Waals surface area contributed by atoms with E-state index in [2.05, 4.69) is 10.9 Å². The monoisotopic (exact) mass is 402 g/mol. The Morgan fingerprint density at radius 2 is 1.50 bits per heavy atom. The molecule has 0 aliphatic carbocycles. The number of amides is 2. The van der Waals surface area contributed by atoms with Crippen LogP contribution in [0.25, 0.3) is 0 Å². The van der Waals surface area contributed by atoms with Crippen molar-refractivity contribution >= 4 is 35.2 Å². The van der Waals surface area contributed by atoms with Crippen molar-refractivity contribution in [1.82, 2.24) is 10.9 Å². The van der Waals surface area contributed by atoms with E-state index in [1.807, 2.05) is 0 Å². The summed E-state index contributed by atoms with van der Waals surface area (Å²) < 4.78 is 37.4. The minimum absolute atomic E-state index is 0.0855. The third-order valence-electron chi connectivity index (χ3n) is 3.17. The molecule has 2 N–H and O–H groups in total. The van der Waals surface area contributed by atoms with E-state index in [4.69, 9.17) is 11.6 Å². The molecule has 2 aromatic rings. The molecule has 0 bridgehead atoms. The smallest absolute Gasteiger partial charge is 0.273 e. The summed E-state index contributed by atoms with van der Waals surface area (Å²) in [5.41, 5.74) is 4.10. The molecule has 2 rings (SSSR count). The first kappa shape index (κ1) is 20.1. The summed E-state index contributed by atoms with van der Waals surface area (Å²) in [4.78, 5) is 24.3. The highest BCUT2D eigenvalue weighted by Crippen LogP contribution is 2.29. The maximum atomic E-state index is 12.5. The summed E-state index contributed by atoms with van der Waals surface area (Å²) in [6.45, 7) is 0. The largest absolute Gasteiger partial charge is 0.416 e. The number of carbonyl (C=O) groups is 2. The lowest BCUT2D eigenvalue weighted by atomic mass is 10.1. The number of benzene rings is 2. The third-order valence-corrected chi connectivity index (χ3v) is 4.43. The molecular formula is C17H14ClF3N2O2S. The molecule has 0 atom stereocenters. The van der Waals surface area contributed by atoms with E-state index in [0.717, 1.165) is 17.0 Å². The fourth-order valence-corrected chi connectivity index (χ4v) is 2.72. The average molecular weight is 403 g/mol. The Bertz CT molecular complexity index is 765. The summed E-state index contributed by atoms with van der Waals surface area (Å²) in [5, 5.41) is 0.592. The van der Waals surface area contributed by atoms with Gasteiger partial charge < -0.3 is 0 Å². The van der Waals surface area contributed by atoms with E-state index < -0.39 is 23.6 Å². The molecule has 2 aromatic carbocycles. The van der Waals surface area contributed by atoms with Crippen molar-refractivity contribution in [2.45, 2.75) is 17.5 Å². The van der Waals surface area contributed by atoms with Gasteiger partial charge in [-0.15, -0.1) is 11.8 Å². The van der Waals surface area contributed by atoms with E-state index in [-0.39, 0.29) is 12.2 Å². The van der Waals surface area contributed by atoms with Crippen LogP contribution in [-0.2, 0) is 22.2 Å². The van der Waals surface area contributed by atoms with Crippen molar-refractivity contribution in [3.63, 3.8) is 0 Å². The number of alkyl halides is 3. The first-order valence-electron chi connectivity index (χ1n) is 7.36. The zero-order valence-electron chi connectivity index (χ0n) is 13.3. The summed E-state index contributed by atoms with van der Waals surface area (Å²) in [6, 6.07) is 11.2. The van der Waals surface area contributed by atoms with E-state index in [0.29, 0.717) is 10.6 Å². The highest BCUT2D eigenvalue weighted by Gasteiger charge is 2.29. The van der Waals surface area contributed by atoms with Crippen molar-refractivity contribution in [2.24, 2.45) is 0 Å². The summed E-state index contributed by atoms with van der Waals surface area (Å²) in [7, 11) is 0. The molecule has 0 unspecified atom stereocenters. The zero-order valence-corrected chi connectivity index (χ0v) is 14.8. The maximum absolute atomic E-state index is 12.5. The number of carbonyl (C=O) groups excluding carboxylic acids is 2. The van der Waals surface area contributed by atoms with E-state index >= 15 is 0 Å². The van der Waals surface area contributed by atoms with Crippen molar-refractivity contribution in [2.75, 3.05) is 5.75 Å². The Labute approximate surface area is 157 Å². The first-order valence-corrected chi connectivity index (χ1v) is 8.72. The molecular weight excluding hydrogens is 389 g/mol. The van der Waals surface area contributed by atoms with Crippen LogP contribution in [0.2, 0.25) is 5.02 Å². The van der Waals surface area contributed by atoms with Gasteiger partial charge in [0.2, 0.25) is 11.8 Å². The number of nitrogens with one attached hydrogen (secondary N) is 2. The summed E-state index contributed by atoms with van der Waals surface area (Å²) >= 11 is 7.03. The van der Waals surface area contributed by atoms with Crippen LogP contribution in [0.4, 0.5) is 13.2 Å². The van der Waals surface area contributed by atoms with E-state index in [1.165, 1.54) is 23.9 Å². The molecule has 2 amide bonds. The lowest BCUT2D eigenvalue weighted by Crippen LogP contribution is -2.43. The van der Waals surface area contributed by atoms with Gasteiger partial charge in [0.1, 0.15) is 0 Å². The molecule has 0 aromatic heterocycles. The van der Waals surface area contributed by atoms with Crippen LogP contribution in [-0.4, -0.2) is 17.6 Å². The van der Waals surface area contributed by atoms with Gasteiger partial charge in [-0.1, -0.05) is 23.7 Å². The second kappa shape index (κ2) is 8.95. The SMILES string of the molecule is O=C(CSc1ccc(Cl)cc1)NNC(=O)Cc1ccc(C(F)(F)F)cc1. The van der Waals surface area contributed by atoms with Crippen LogP contribution in [0.3, 0.4) is 0 Å². The predicted molar refractivity (Wildman–Crippen MR) is 93.6 cm³/mol. The van der Waals surface area contributed by atoms with Crippen LogP contribution in [0.1, 0.15) is 11.1 Å². The Morgan fingerprint density at radius 3 is 2.08 bits per heavy atom. The summed E-state index contributed by atoms with van der Waals surface area (Å²) in [6.07, 6.45) is -4.57. The standard InChI is InChI=1S/C17H14ClF3N2O2S/c18-13-5-7-14(8-6-13)26-10-16(25)23-22-15(24)9-11-1-3-12(4-2-11)17(19,20)21/h1-8H,9-10H2,(H,22,24)(H,23,25). The second-order valence-corrected chi connectivity index (χ2v) is 6.70. The highest BCUT2D eigenvalue weighted by molar-refractivity contribution is 8.00. The topological polar surface area (TPSA) is 58.2 Å². The number of hydrazine groups is 1. The Hall–Kier alpha value is -2.19. The Kier molecular flexibility index (Phi) is 6.93. The fourth-order valence-electron chi connectivity index (χ4n) is 1.90. The maximum Gasteiger partial charge on any atom is 0.416 e. The van der Waals surface area contributed by atoms with Crippen molar-refractivity contribution in [3.05, 3.63) is 64.7 Å². The predicted octanol–water partition coefficient (Wildman–Crippen LogP) is 3.84. The van der Waals surface area contributed by atoms with E-state index in [9.17, 15) is 22.8 Å². The molecule has 4 nitrogen and oxygen atoms in total. The van der Waals surface area contributed by atoms with Crippen LogP contribution in [0.5, 0.6) is 0 Å². The van der Waals surface area contributed by atoms with Crippen LogP contribution in [0, 0.1) is 0 Å². The van der Waals surface area contributed by atoms with E-state index in [1.54, 1.807) is 24.3 Å². The zero-order chi connectivity index (χ0) is 19.2. The lowest BCUT2D eigenvalue weighted by molar-refractivity contribution is -0.137.